The van der Waals surface area contributed by atoms with Crippen LogP contribution >= 0.6 is 11.3 Å². The molecule has 3 heterocycles. The fourth-order valence-corrected chi connectivity index (χ4v) is 5.35. The average molecular weight is 339 g/mol. The number of aliphatic hydroxyl groups is 1. The van der Waals surface area contributed by atoms with Crippen LogP contribution in [0.1, 0.15) is 48.7 Å². The van der Waals surface area contributed by atoms with Gasteiger partial charge in [-0.2, -0.15) is 0 Å². The van der Waals surface area contributed by atoms with Crippen LogP contribution in [-0.4, -0.2) is 46.9 Å². The predicted octanol–water partition coefficient (Wildman–Crippen LogP) is 3.01. The summed E-state index contributed by atoms with van der Waals surface area (Å²) >= 11 is 1.83. The van der Waals surface area contributed by atoms with Crippen LogP contribution in [0.15, 0.2) is 0 Å². The van der Waals surface area contributed by atoms with Crippen molar-refractivity contribution in [1.29, 1.82) is 0 Å². The largest absolute Gasteiger partial charge is 0.389 e. The Morgan fingerprint density at radius 2 is 2.13 bits per heavy atom. The van der Waals surface area contributed by atoms with Gasteiger partial charge in [0.05, 0.1) is 16.3 Å². The Hall–Kier alpha value is -0.490. The summed E-state index contributed by atoms with van der Waals surface area (Å²) in [6.07, 6.45) is 3.91. The summed E-state index contributed by atoms with van der Waals surface area (Å²) in [5.41, 5.74) is 0.753. The van der Waals surface area contributed by atoms with Gasteiger partial charge in [0.15, 0.2) is 0 Å². The zero-order valence-corrected chi connectivity index (χ0v) is 15.5. The first-order valence-electron chi connectivity index (χ1n) is 9.00. The number of piperidine rings is 1. The zero-order valence-electron chi connectivity index (χ0n) is 14.7. The molecule has 0 saturated carbocycles. The molecule has 3 rings (SSSR count). The molecule has 5 heteroatoms. The van der Waals surface area contributed by atoms with Crippen molar-refractivity contribution in [2.24, 2.45) is 11.8 Å². The third-order valence-corrected chi connectivity index (χ3v) is 6.73. The van der Waals surface area contributed by atoms with Crippen molar-refractivity contribution in [3.8, 4) is 0 Å². The summed E-state index contributed by atoms with van der Waals surface area (Å²) in [5.74, 6) is 0.726. The summed E-state index contributed by atoms with van der Waals surface area (Å²) in [4.78, 5) is 8.56. The lowest BCUT2D eigenvalue weighted by Crippen LogP contribution is -2.55. The highest BCUT2D eigenvalue weighted by Gasteiger charge is 2.45. The molecule has 2 aliphatic rings. The second-order valence-corrected chi connectivity index (χ2v) is 8.51. The number of nitrogens with zero attached hydrogens (tertiary/aromatic N) is 2. The molecule has 0 aliphatic carbocycles. The van der Waals surface area contributed by atoms with Gasteiger partial charge in [0.2, 0.25) is 0 Å². The van der Waals surface area contributed by atoms with Crippen LogP contribution in [0.5, 0.6) is 0 Å². The van der Waals surface area contributed by atoms with Crippen molar-refractivity contribution in [1.82, 2.24) is 9.88 Å². The minimum absolute atomic E-state index is 0.318. The average Bonchev–Trinajstić information content (AvgIpc) is 2.91. The van der Waals surface area contributed by atoms with Crippen molar-refractivity contribution in [2.45, 2.75) is 58.6 Å². The second kappa shape index (κ2) is 7.18. The molecule has 2 atom stereocenters. The number of hydrogen-bond acceptors (Lipinski definition) is 5. The van der Waals surface area contributed by atoms with E-state index in [1.807, 2.05) is 11.3 Å². The second-order valence-electron chi connectivity index (χ2n) is 7.22. The molecule has 0 radical (unpaired) electrons. The topological polar surface area (TPSA) is 45.6 Å². The van der Waals surface area contributed by atoms with Crippen LogP contribution in [0, 0.1) is 18.8 Å². The highest BCUT2D eigenvalue weighted by Crippen LogP contribution is 2.39. The third kappa shape index (κ3) is 3.63. The number of rotatable bonds is 4. The van der Waals surface area contributed by atoms with Gasteiger partial charge in [-0.15, -0.1) is 11.3 Å². The smallest absolute Gasteiger partial charge is 0.0900 e. The first-order chi connectivity index (χ1) is 11.0. The molecule has 1 aromatic heterocycles. The maximum absolute atomic E-state index is 11.3. The number of aromatic nitrogens is 1. The van der Waals surface area contributed by atoms with Gasteiger partial charge in [0.1, 0.15) is 0 Å². The number of thiazole rings is 1. The van der Waals surface area contributed by atoms with Crippen molar-refractivity contribution in [2.75, 3.05) is 26.3 Å². The molecule has 4 nitrogen and oxygen atoms in total. The van der Waals surface area contributed by atoms with Crippen molar-refractivity contribution in [3.63, 3.8) is 0 Å². The van der Waals surface area contributed by atoms with Crippen LogP contribution in [0.2, 0.25) is 0 Å². The number of aryl methyl sites for hydroxylation is 2. The van der Waals surface area contributed by atoms with Crippen molar-refractivity contribution >= 4 is 11.3 Å². The van der Waals surface area contributed by atoms with E-state index in [1.54, 1.807) is 0 Å². The van der Waals surface area contributed by atoms with E-state index in [1.165, 1.54) is 15.6 Å². The molecule has 2 saturated heterocycles. The summed E-state index contributed by atoms with van der Waals surface area (Å²) in [6, 6.07) is 0. The summed E-state index contributed by atoms with van der Waals surface area (Å²) < 4.78 is 5.47. The van der Waals surface area contributed by atoms with Gasteiger partial charge in [-0.25, -0.2) is 4.98 Å². The molecular weight excluding hydrogens is 308 g/mol. The van der Waals surface area contributed by atoms with Crippen LogP contribution in [0.4, 0.5) is 0 Å². The lowest BCUT2D eigenvalue weighted by atomic mass is 9.70. The normalized spacial score (nSPS) is 30.7. The summed E-state index contributed by atoms with van der Waals surface area (Å²) in [6.45, 7) is 11.1. The van der Waals surface area contributed by atoms with Gasteiger partial charge in [-0.05, 0) is 44.4 Å². The quantitative estimate of drug-likeness (QED) is 0.917. The Morgan fingerprint density at radius 3 is 2.78 bits per heavy atom. The Morgan fingerprint density at radius 1 is 1.39 bits per heavy atom. The van der Waals surface area contributed by atoms with Crippen LogP contribution in [0.25, 0.3) is 0 Å². The van der Waals surface area contributed by atoms with E-state index < -0.39 is 5.60 Å². The fraction of sp³-hybridized carbons (Fsp3) is 0.833. The molecule has 1 aromatic rings. The molecular formula is C18H30N2O2S. The van der Waals surface area contributed by atoms with Crippen LogP contribution in [-0.2, 0) is 17.7 Å². The zero-order chi connectivity index (χ0) is 16.4. The lowest BCUT2D eigenvalue weighted by molar-refractivity contribution is -0.131. The van der Waals surface area contributed by atoms with Gasteiger partial charge < -0.3 is 9.84 Å². The molecule has 0 bridgehead atoms. The molecule has 0 amide bonds. The molecule has 2 aliphatic heterocycles. The van der Waals surface area contributed by atoms with Gasteiger partial charge in [-0.3, -0.25) is 4.90 Å². The Kier molecular flexibility index (Phi) is 5.41. The molecule has 2 fully saturated rings. The minimum atomic E-state index is -0.502. The molecule has 23 heavy (non-hydrogen) atoms. The lowest BCUT2D eigenvalue weighted by Gasteiger charge is -2.48. The van der Waals surface area contributed by atoms with Crippen LogP contribution < -0.4 is 0 Å². The van der Waals surface area contributed by atoms with Gasteiger partial charge in [0, 0.05) is 37.7 Å². The van der Waals surface area contributed by atoms with E-state index in [0.29, 0.717) is 11.8 Å². The van der Waals surface area contributed by atoms with Gasteiger partial charge >= 0.3 is 0 Å². The standard InChI is InChI=1S/C18H30N2O2S/c1-4-16-17(23-14(3)19-16)12-20-8-7-18(21,13(2)11-20)15-5-9-22-10-6-15/h13,15,21H,4-12H2,1-3H3/t13-,18+/m1/s1. The van der Waals surface area contributed by atoms with Crippen molar-refractivity contribution in [3.05, 3.63) is 15.6 Å². The van der Waals surface area contributed by atoms with Gasteiger partial charge in [0.25, 0.3) is 0 Å². The summed E-state index contributed by atoms with van der Waals surface area (Å²) in [7, 11) is 0. The monoisotopic (exact) mass is 338 g/mol. The SMILES string of the molecule is CCc1nc(C)sc1CN1CC[C@@](O)(C2CCOCC2)[C@H](C)C1. The Bertz CT molecular complexity index is 527. The van der Waals surface area contributed by atoms with E-state index in [0.717, 1.165) is 58.5 Å². The Balaban J connectivity index is 1.63. The number of hydrogen-bond donors (Lipinski definition) is 1. The molecule has 130 valence electrons. The maximum Gasteiger partial charge on any atom is 0.0900 e. The maximum atomic E-state index is 11.3. The summed E-state index contributed by atoms with van der Waals surface area (Å²) in [5, 5.41) is 12.4. The van der Waals surface area contributed by atoms with E-state index in [-0.39, 0.29) is 0 Å². The fourth-order valence-electron chi connectivity index (χ4n) is 4.28. The first-order valence-corrected chi connectivity index (χ1v) is 9.82. The Labute approximate surface area is 143 Å². The van der Waals surface area contributed by atoms with E-state index >= 15 is 0 Å². The van der Waals surface area contributed by atoms with Crippen molar-refractivity contribution < 1.29 is 9.84 Å². The first kappa shape index (κ1) is 17.3. The molecule has 0 spiro atoms. The highest BCUT2D eigenvalue weighted by atomic mass is 32.1. The minimum Gasteiger partial charge on any atom is -0.389 e. The van der Waals surface area contributed by atoms with E-state index in [2.05, 4.69) is 30.7 Å². The highest BCUT2D eigenvalue weighted by molar-refractivity contribution is 7.11. The van der Waals surface area contributed by atoms with E-state index in [4.69, 9.17) is 4.74 Å². The third-order valence-electron chi connectivity index (χ3n) is 5.73. The predicted molar refractivity (Wildman–Crippen MR) is 93.8 cm³/mol. The molecule has 0 aromatic carbocycles. The number of ether oxygens (including phenoxy) is 1. The van der Waals surface area contributed by atoms with Crippen LogP contribution in [0.3, 0.4) is 0 Å². The van der Waals surface area contributed by atoms with Gasteiger partial charge in [-0.1, -0.05) is 13.8 Å². The number of likely N-dealkylation sites (tertiary alicyclic amines) is 1. The molecule has 0 unspecified atom stereocenters. The molecule has 1 N–H and O–H groups in total. The van der Waals surface area contributed by atoms with E-state index in [9.17, 15) is 5.11 Å².